The first-order chi connectivity index (χ1) is 13.2. The molecule has 0 spiro atoms. The summed E-state index contributed by atoms with van der Waals surface area (Å²) in [4.78, 5) is 14.7. The molecule has 0 fully saturated rings. The van der Waals surface area contributed by atoms with E-state index in [0.717, 1.165) is 64.9 Å². The number of fused-ring (bicyclic) bond motifs is 5. The molecule has 2 aliphatic rings. The fraction of sp³-hybridized carbons (Fsp3) is 0.318. The van der Waals surface area contributed by atoms with Gasteiger partial charge in [0.25, 0.3) is 0 Å². The molecule has 5 nitrogen and oxygen atoms in total. The van der Waals surface area contributed by atoms with Gasteiger partial charge in [-0.3, -0.25) is 0 Å². The van der Waals surface area contributed by atoms with Gasteiger partial charge in [-0.2, -0.15) is 0 Å². The largest absolute Gasteiger partial charge is 0.497 e. The Kier molecular flexibility index (Phi) is 3.81. The Morgan fingerprint density at radius 1 is 0.963 bits per heavy atom. The summed E-state index contributed by atoms with van der Waals surface area (Å²) < 4.78 is 17.0. The molecular formula is C22H21NO4. The average Bonchev–Trinajstić information content (AvgIpc) is 2.73. The van der Waals surface area contributed by atoms with Crippen LogP contribution in [0, 0.1) is 0 Å². The van der Waals surface area contributed by atoms with Gasteiger partial charge in [-0.1, -0.05) is 0 Å². The second-order valence-corrected chi connectivity index (χ2v) is 7.14. The van der Waals surface area contributed by atoms with E-state index < -0.39 is 0 Å². The van der Waals surface area contributed by atoms with Gasteiger partial charge < -0.3 is 18.8 Å². The van der Waals surface area contributed by atoms with Gasteiger partial charge in [0.1, 0.15) is 17.1 Å². The lowest BCUT2D eigenvalue weighted by Crippen LogP contribution is -2.32. The molecule has 0 unspecified atom stereocenters. The Balaban J connectivity index is 1.60. The van der Waals surface area contributed by atoms with E-state index in [0.29, 0.717) is 18.9 Å². The molecule has 5 rings (SSSR count). The standard InChI is InChI=1S/C22H21NO4/c1-25-15-8-6-14(7-9-15)23-12-19-20(26-13-23)11-10-17-16-4-2-3-5-18(16)22(24)27-21(17)19/h6-11H,2-5,12-13H2,1H3. The Labute approximate surface area is 157 Å². The van der Waals surface area contributed by atoms with E-state index in [1.165, 1.54) is 0 Å². The van der Waals surface area contributed by atoms with E-state index in [1.807, 2.05) is 36.4 Å². The first kappa shape index (κ1) is 16.2. The highest BCUT2D eigenvalue weighted by Gasteiger charge is 2.25. The van der Waals surface area contributed by atoms with Crippen molar-refractivity contribution in [2.75, 3.05) is 18.7 Å². The molecule has 0 atom stereocenters. The van der Waals surface area contributed by atoms with Crippen LogP contribution < -0.4 is 20.0 Å². The molecule has 1 aliphatic carbocycles. The van der Waals surface area contributed by atoms with Crippen LogP contribution in [0.25, 0.3) is 11.0 Å². The fourth-order valence-electron chi connectivity index (χ4n) is 4.17. The summed E-state index contributed by atoms with van der Waals surface area (Å²) in [5.41, 5.74) is 4.50. The third kappa shape index (κ3) is 2.65. The van der Waals surface area contributed by atoms with Crippen LogP contribution in [0.3, 0.4) is 0 Å². The van der Waals surface area contributed by atoms with Crippen LogP contribution in [0.4, 0.5) is 5.69 Å². The van der Waals surface area contributed by atoms with Crippen LogP contribution in [-0.2, 0) is 19.4 Å². The lowest BCUT2D eigenvalue weighted by molar-refractivity contribution is 0.289. The van der Waals surface area contributed by atoms with E-state index in [2.05, 4.69) is 4.90 Å². The lowest BCUT2D eigenvalue weighted by atomic mass is 9.90. The van der Waals surface area contributed by atoms with Gasteiger partial charge in [0, 0.05) is 16.6 Å². The normalized spacial score (nSPS) is 15.8. The Hall–Kier alpha value is -2.95. The number of methoxy groups -OCH3 is 1. The van der Waals surface area contributed by atoms with Crippen molar-refractivity contribution >= 4 is 16.7 Å². The van der Waals surface area contributed by atoms with Crippen molar-refractivity contribution in [3.8, 4) is 11.5 Å². The summed E-state index contributed by atoms with van der Waals surface area (Å²) in [6.45, 7) is 1.10. The lowest BCUT2D eigenvalue weighted by Gasteiger charge is -2.31. The third-order valence-electron chi connectivity index (χ3n) is 5.61. The molecule has 0 N–H and O–H groups in total. The topological polar surface area (TPSA) is 51.9 Å². The number of aryl methyl sites for hydroxylation is 1. The van der Waals surface area contributed by atoms with Crippen molar-refractivity contribution < 1.29 is 13.9 Å². The quantitative estimate of drug-likeness (QED) is 0.643. The van der Waals surface area contributed by atoms with E-state index in [-0.39, 0.29) is 5.63 Å². The molecular weight excluding hydrogens is 342 g/mol. The van der Waals surface area contributed by atoms with E-state index in [9.17, 15) is 4.79 Å². The molecule has 138 valence electrons. The predicted octanol–water partition coefficient (Wildman–Crippen LogP) is 4.04. The van der Waals surface area contributed by atoms with E-state index in [4.69, 9.17) is 13.9 Å². The SMILES string of the molecule is COc1ccc(N2COc3ccc4c5c(c(=O)oc4c3C2)CCCC5)cc1. The Morgan fingerprint density at radius 3 is 2.52 bits per heavy atom. The molecule has 2 aromatic carbocycles. The number of ether oxygens (including phenoxy) is 2. The van der Waals surface area contributed by atoms with Crippen molar-refractivity contribution in [2.45, 2.75) is 32.2 Å². The Morgan fingerprint density at radius 2 is 1.74 bits per heavy atom. The van der Waals surface area contributed by atoms with Gasteiger partial charge in [0.05, 0.1) is 19.2 Å². The number of anilines is 1. The van der Waals surface area contributed by atoms with Crippen LogP contribution in [0.15, 0.2) is 45.6 Å². The molecule has 0 saturated heterocycles. The van der Waals surface area contributed by atoms with Crippen LogP contribution in [0.5, 0.6) is 11.5 Å². The maximum absolute atomic E-state index is 12.6. The van der Waals surface area contributed by atoms with Crippen molar-refractivity contribution in [2.24, 2.45) is 0 Å². The first-order valence-corrected chi connectivity index (χ1v) is 9.37. The molecule has 0 saturated carbocycles. The van der Waals surface area contributed by atoms with Gasteiger partial charge >= 0.3 is 5.63 Å². The van der Waals surface area contributed by atoms with E-state index in [1.54, 1.807) is 7.11 Å². The minimum atomic E-state index is -0.188. The highest BCUT2D eigenvalue weighted by Crippen LogP contribution is 2.36. The van der Waals surface area contributed by atoms with Crippen molar-refractivity contribution in [1.29, 1.82) is 0 Å². The Bertz CT molecular complexity index is 1070. The minimum Gasteiger partial charge on any atom is -0.497 e. The summed E-state index contributed by atoms with van der Waals surface area (Å²) in [5, 5.41) is 1.06. The van der Waals surface area contributed by atoms with Gasteiger partial charge in [-0.15, -0.1) is 0 Å². The summed E-state index contributed by atoms with van der Waals surface area (Å²) in [6.07, 6.45) is 3.94. The van der Waals surface area contributed by atoms with Crippen molar-refractivity contribution in [3.05, 3.63) is 63.5 Å². The van der Waals surface area contributed by atoms with Crippen molar-refractivity contribution in [1.82, 2.24) is 0 Å². The molecule has 1 aliphatic heterocycles. The zero-order chi connectivity index (χ0) is 18.4. The van der Waals surface area contributed by atoms with Crippen LogP contribution in [0.2, 0.25) is 0 Å². The molecule has 5 heteroatoms. The second kappa shape index (κ2) is 6.34. The smallest absolute Gasteiger partial charge is 0.339 e. The molecule has 27 heavy (non-hydrogen) atoms. The number of nitrogens with zero attached hydrogens (tertiary/aromatic N) is 1. The van der Waals surface area contributed by atoms with Gasteiger partial charge in [-0.25, -0.2) is 4.79 Å². The number of rotatable bonds is 2. The molecule has 3 aromatic rings. The van der Waals surface area contributed by atoms with Gasteiger partial charge in [-0.05, 0) is 67.6 Å². The minimum absolute atomic E-state index is 0.188. The number of hydrogen-bond acceptors (Lipinski definition) is 5. The summed E-state index contributed by atoms with van der Waals surface area (Å²) in [7, 11) is 1.66. The van der Waals surface area contributed by atoms with Crippen molar-refractivity contribution in [3.63, 3.8) is 0 Å². The maximum atomic E-state index is 12.6. The van der Waals surface area contributed by atoms with Crippen LogP contribution in [0.1, 0.15) is 29.5 Å². The fourth-order valence-corrected chi connectivity index (χ4v) is 4.17. The zero-order valence-corrected chi connectivity index (χ0v) is 15.3. The number of benzene rings is 2. The second-order valence-electron chi connectivity index (χ2n) is 7.14. The van der Waals surface area contributed by atoms with E-state index >= 15 is 0 Å². The predicted molar refractivity (Wildman–Crippen MR) is 104 cm³/mol. The maximum Gasteiger partial charge on any atom is 0.339 e. The summed E-state index contributed by atoms with van der Waals surface area (Å²) in [6, 6.07) is 11.9. The zero-order valence-electron chi connectivity index (χ0n) is 15.3. The summed E-state index contributed by atoms with van der Waals surface area (Å²) >= 11 is 0. The molecule has 1 aromatic heterocycles. The van der Waals surface area contributed by atoms with Crippen LogP contribution in [-0.4, -0.2) is 13.8 Å². The monoisotopic (exact) mass is 363 g/mol. The number of hydrogen-bond donors (Lipinski definition) is 0. The molecule has 0 amide bonds. The highest BCUT2D eigenvalue weighted by molar-refractivity contribution is 5.86. The molecule has 0 radical (unpaired) electrons. The van der Waals surface area contributed by atoms with Crippen LogP contribution >= 0.6 is 0 Å². The molecule has 0 bridgehead atoms. The third-order valence-corrected chi connectivity index (χ3v) is 5.61. The van der Waals surface area contributed by atoms with Gasteiger partial charge in [0.15, 0.2) is 6.73 Å². The first-order valence-electron chi connectivity index (χ1n) is 9.37. The molecule has 2 heterocycles. The summed E-state index contributed by atoms with van der Waals surface area (Å²) in [5.74, 6) is 1.62. The average molecular weight is 363 g/mol. The highest BCUT2D eigenvalue weighted by atomic mass is 16.5. The van der Waals surface area contributed by atoms with Gasteiger partial charge in [0.2, 0.25) is 0 Å².